The predicted octanol–water partition coefficient (Wildman–Crippen LogP) is 1.77. The van der Waals surface area contributed by atoms with Crippen LogP contribution in [0, 0.1) is 0 Å². The Balaban J connectivity index is 1.72. The summed E-state index contributed by atoms with van der Waals surface area (Å²) in [5, 5.41) is 12.6. The highest BCUT2D eigenvalue weighted by Gasteiger charge is 2.14. The van der Waals surface area contributed by atoms with Crippen LogP contribution in [0.5, 0.6) is 5.75 Å². The molecule has 5 nitrogen and oxygen atoms in total. The smallest absolute Gasteiger partial charge is 0.138 e. The van der Waals surface area contributed by atoms with E-state index < -0.39 is 0 Å². The summed E-state index contributed by atoms with van der Waals surface area (Å²) < 4.78 is 5.81. The third-order valence-electron chi connectivity index (χ3n) is 3.64. The highest BCUT2D eigenvalue weighted by Crippen LogP contribution is 2.23. The van der Waals surface area contributed by atoms with E-state index in [0.717, 1.165) is 35.4 Å². The lowest BCUT2D eigenvalue weighted by Gasteiger charge is -2.12. The van der Waals surface area contributed by atoms with E-state index in [2.05, 4.69) is 15.3 Å². The number of aliphatic hydroxyl groups excluding tert-OH is 1. The van der Waals surface area contributed by atoms with E-state index in [1.54, 1.807) is 24.8 Å². The Morgan fingerprint density at radius 3 is 2.71 bits per heavy atom. The Morgan fingerprint density at radius 2 is 1.95 bits per heavy atom. The van der Waals surface area contributed by atoms with E-state index >= 15 is 0 Å². The topological polar surface area (TPSA) is 67.3 Å². The van der Waals surface area contributed by atoms with Gasteiger partial charge in [-0.1, -0.05) is 0 Å². The Morgan fingerprint density at radius 1 is 1.14 bits per heavy atom. The fourth-order valence-electron chi connectivity index (χ4n) is 2.48. The molecule has 0 saturated carbocycles. The predicted molar refractivity (Wildman–Crippen MR) is 79.9 cm³/mol. The lowest BCUT2D eigenvalue weighted by Crippen LogP contribution is -2.28. The summed E-state index contributed by atoms with van der Waals surface area (Å²) in [7, 11) is 0. The van der Waals surface area contributed by atoms with E-state index in [0.29, 0.717) is 12.6 Å². The van der Waals surface area contributed by atoms with Gasteiger partial charge in [-0.3, -0.25) is 9.97 Å². The first-order valence-electron chi connectivity index (χ1n) is 7.21. The summed E-state index contributed by atoms with van der Waals surface area (Å²) in [5.74, 6) is 0.760. The summed E-state index contributed by atoms with van der Waals surface area (Å²) in [5.41, 5.74) is 2.65. The minimum Gasteiger partial charge on any atom is -0.490 e. The molecule has 5 heteroatoms. The molecular formula is C16H19N3O2. The van der Waals surface area contributed by atoms with E-state index in [9.17, 15) is 5.11 Å². The SMILES string of the molecule is OCc1cncc(-c2cncc(OC[C@H]3CCCN3)c2)c1. The molecule has 1 aliphatic rings. The average Bonchev–Trinajstić information content (AvgIpc) is 3.07. The van der Waals surface area contributed by atoms with Gasteiger partial charge in [0.1, 0.15) is 12.4 Å². The molecule has 1 fully saturated rings. The van der Waals surface area contributed by atoms with E-state index in [1.807, 2.05) is 12.1 Å². The van der Waals surface area contributed by atoms with Crippen molar-refractivity contribution in [1.29, 1.82) is 0 Å². The van der Waals surface area contributed by atoms with Crippen molar-refractivity contribution in [2.75, 3.05) is 13.2 Å². The number of rotatable bonds is 5. The van der Waals surface area contributed by atoms with Crippen LogP contribution in [0.25, 0.3) is 11.1 Å². The van der Waals surface area contributed by atoms with Gasteiger partial charge in [-0.05, 0) is 37.1 Å². The number of aromatic nitrogens is 2. The van der Waals surface area contributed by atoms with Crippen molar-refractivity contribution in [2.24, 2.45) is 0 Å². The van der Waals surface area contributed by atoms with Crippen LogP contribution in [0.1, 0.15) is 18.4 Å². The maximum atomic E-state index is 9.18. The third-order valence-corrected chi connectivity index (χ3v) is 3.64. The van der Waals surface area contributed by atoms with Gasteiger partial charge in [0.25, 0.3) is 0 Å². The molecule has 110 valence electrons. The lowest BCUT2D eigenvalue weighted by atomic mass is 10.1. The highest BCUT2D eigenvalue weighted by atomic mass is 16.5. The molecule has 3 heterocycles. The molecule has 1 aliphatic heterocycles. The largest absolute Gasteiger partial charge is 0.490 e. The van der Waals surface area contributed by atoms with Crippen molar-refractivity contribution in [3.63, 3.8) is 0 Å². The normalized spacial score (nSPS) is 17.9. The van der Waals surface area contributed by atoms with E-state index in [1.165, 1.54) is 6.42 Å². The second kappa shape index (κ2) is 6.65. The second-order valence-electron chi connectivity index (χ2n) is 5.25. The lowest BCUT2D eigenvalue weighted by molar-refractivity contribution is 0.276. The van der Waals surface area contributed by atoms with Crippen molar-refractivity contribution in [3.8, 4) is 16.9 Å². The van der Waals surface area contributed by atoms with Crippen LogP contribution in [0.15, 0.2) is 36.9 Å². The van der Waals surface area contributed by atoms with Gasteiger partial charge in [0.15, 0.2) is 0 Å². The zero-order valence-electron chi connectivity index (χ0n) is 11.8. The molecule has 1 saturated heterocycles. The molecule has 1 atom stereocenters. The van der Waals surface area contributed by atoms with Crippen LogP contribution in [-0.2, 0) is 6.61 Å². The van der Waals surface area contributed by atoms with Crippen LogP contribution < -0.4 is 10.1 Å². The molecule has 0 spiro atoms. The van der Waals surface area contributed by atoms with Gasteiger partial charge >= 0.3 is 0 Å². The molecule has 2 N–H and O–H groups in total. The number of nitrogens with one attached hydrogen (secondary N) is 1. The van der Waals surface area contributed by atoms with Crippen molar-refractivity contribution in [3.05, 3.63) is 42.5 Å². The third kappa shape index (κ3) is 3.56. The molecule has 0 unspecified atom stereocenters. The molecule has 0 amide bonds. The van der Waals surface area contributed by atoms with Gasteiger partial charge in [0, 0.05) is 35.8 Å². The fourth-order valence-corrected chi connectivity index (χ4v) is 2.48. The number of ether oxygens (including phenoxy) is 1. The zero-order valence-corrected chi connectivity index (χ0v) is 11.8. The van der Waals surface area contributed by atoms with Crippen molar-refractivity contribution in [2.45, 2.75) is 25.5 Å². The summed E-state index contributed by atoms with van der Waals surface area (Å²) in [4.78, 5) is 8.36. The summed E-state index contributed by atoms with van der Waals surface area (Å²) in [6.07, 6.45) is 9.30. The number of nitrogens with zero attached hydrogens (tertiary/aromatic N) is 2. The molecule has 0 aromatic carbocycles. The first-order valence-corrected chi connectivity index (χ1v) is 7.21. The maximum absolute atomic E-state index is 9.18. The second-order valence-corrected chi connectivity index (χ2v) is 5.25. The van der Waals surface area contributed by atoms with Crippen molar-refractivity contribution in [1.82, 2.24) is 15.3 Å². The molecule has 21 heavy (non-hydrogen) atoms. The van der Waals surface area contributed by atoms with Crippen LogP contribution in [-0.4, -0.2) is 34.3 Å². The Labute approximate surface area is 124 Å². The van der Waals surface area contributed by atoms with Gasteiger partial charge < -0.3 is 15.2 Å². The van der Waals surface area contributed by atoms with Crippen LogP contribution in [0.3, 0.4) is 0 Å². The maximum Gasteiger partial charge on any atom is 0.138 e. The van der Waals surface area contributed by atoms with Crippen molar-refractivity contribution < 1.29 is 9.84 Å². The van der Waals surface area contributed by atoms with Gasteiger partial charge in [0.05, 0.1) is 12.8 Å². The fraction of sp³-hybridized carbons (Fsp3) is 0.375. The van der Waals surface area contributed by atoms with Crippen LogP contribution in [0.2, 0.25) is 0 Å². The van der Waals surface area contributed by atoms with Gasteiger partial charge in [-0.25, -0.2) is 0 Å². The summed E-state index contributed by atoms with van der Waals surface area (Å²) in [6, 6.07) is 4.31. The molecule has 2 aromatic heterocycles. The molecule has 0 aliphatic carbocycles. The highest BCUT2D eigenvalue weighted by molar-refractivity contribution is 5.63. The standard InChI is InChI=1S/C16H19N3O2/c20-10-12-4-13(7-17-6-12)14-5-16(9-18-8-14)21-11-15-2-1-3-19-15/h4-9,15,19-20H,1-3,10-11H2/t15-/m1/s1. The molecular weight excluding hydrogens is 266 g/mol. The van der Waals surface area contributed by atoms with Crippen LogP contribution >= 0.6 is 0 Å². The summed E-state index contributed by atoms with van der Waals surface area (Å²) >= 11 is 0. The van der Waals surface area contributed by atoms with E-state index in [4.69, 9.17) is 4.74 Å². The Bertz CT molecular complexity index is 598. The van der Waals surface area contributed by atoms with E-state index in [-0.39, 0.29) is 6.61 Å². The first kappa shape index (κ1) is 14.0. The average molecular weight is 285 g/mol. The number of hydrogen-bond acceptors (Lipinski definition) is 5. The summed E-state index contributed by atoms with van der Waals surface area (Å²) in [6.45, 7) is 1.73. The monoisotopic (exact) mass is 285 g/mol. The Hall–Kier alpha value is -1.98. The van der Waals surface area contributed by atoms with Gasteiger partial charge in [-0.15, -0.1) is 0 Å². The molecule has 3 rings (SSSR count). The number of hydrogen-bond donors (Lipinski definition) is 2. The van der Waals surface area contributed by atoms with Crippen molar-refractivity contribution >= 4 is 0 Å². The Kier molecular flexibility index (Phi) is 4.43. The molecule has 0 bridgehead atoms. The first-order chi connectivity index (χ1) is 10.3. The molecule has 0 radical (unpaired) electrons. The minimum atomic E-state index is -0.0161. The number of pyridine rings is 2. The zero-order chi connectivity index (χ0) is 14.5. The molecule has 2 aromatic rings. The van der Waals surface area contributed by atoms with Gasteiger partial charge in [0.2, 0.25) is 0 Å². The van der Waals surface area contributed by atoms with Crippen LogP contribution in [0.4, 0.5) is 0 Å². The van der Waals surface area contributed by atoms with Gasteiger partial charge in [-0.2, -0.15) is 0 Å². The minimum absolute atomic E-state index is 0.0161. The quantitative estimate of drug-likeness (QED) is 0.876. The number of aliphatic hydroxyl groups is 1.